The van der Waals surface area contributed by atoms with Crippen LogP contribution in [0.2, 0.25) is 0 Å². The van der Waals surface area contributed by atoms with Crippen molar-refractivity contribution in [3.8, 4) is 0 Å². The Hall–Kier alpha value is -3.19. The molecular formula is C23H25N3O3S. The van der Waals surface area contributed by atoms with Crippen molar-refractivity contribution >= 4 is 21.6 Å². The lowest BCUT2D eigenvalue weighted by Gasteiger charge is -2.10. The third kappa shape index (κ3) is 5.90. The predicted molar refractivity (Wildman–Crippen MR) is 118 cm³/mol. The van der Waals surface area contributed by atoms with E-state index in [1.54, 1.807) is 42.7 Å². The lowest BCUT2D eigenvalue weighted by Crippen LogP contribution is -2.23. The molecule has 0 spiro atoms. The topological polar surface area (TPSA) is 88.2 Å². The van der Waals surface area contributed by atoms with Crippen molar-refractivity contribution in [1.82, 2.24) is 10.3 Å². The van der Waals surface area contributed by atoms with Gasteiger partial charge in [-0.3, -0.25) is 14.5 Å². The summed E-state index contributed by atoms with van der Waals surface area (Å²) in [5.74, 6) is -0.351. The quantitative estimate of drug-likeness (QED) is 0.541. The molecule has 0 aliphatic rings. The van der Waals surface area contributed by atoms with Crippen LogP contribution in [-0.4, -0.2) is 19.3 Å². The molecule has 0 fully saturated rings. The number of carbonyl (C=O) groups excluding carboxylic acids is 1. The first-order valence-corrected chi connectivity index (χ1v) is 11.3. The minimum Gasteiger partial charge on any atom is -0.348 e. The van der Waals surface area contributed by atoms with Crippen molar-refractivity contribution in [3.05, 3.63) is 89.7 Å². The molecule has 1 amide bonds. The number of benzene rings is 2. The molecule has 0 atom stereocenters. The summed E-state index contributed by atoms with van der Waals surface area (Å²) in [5, 5.41) is 2.77. The van der Waals surface area contributed by atoms with E-state index in [-0.39, 0.29) is 16.4 Å². The van der Waals surface area contributed by atoms with Crippen LogP contribution in [0.25, 0.3) is 0 Å². The summed E-state index contributed by atoms with van der Waals surface area (Å²) in [5.41, 5.74) is 2.80. The Morgan fingerprint density at radius 3 is 2.50 bits per heavy atom. The average molecular weight is 424 g/mol. The van der Waals surface area contributed by atoms with E-state index in [9.17, 15) is 13.2 Å². The molecule has 7 heteroatoms. The van der Waals surface area contributed by atoms with E-state index in [1.165, 1.54) is 17.7 Å². The smallest absolute Gasteiger partial charge is 0.261 e. The Balaban J connectivity index is 1.68. The molecule has 2 N–H and O–H groups in total. The van der Waals surface area contributed by atoms with Crippen LogP contribution in [0.3, 0.4) is 0 Å². The van der Waals surface area contributed by atoms with Gasteiger partial charge in [0.25, 0.3) is 15.9 Å². The number of amides is 1. The highest BCUT2D eigenvalue weighted by atomic mass is 32.2. The van der Waals surface area contributed by atoms with E-state index >= 15 is 0 Å². The van der Waals surface area contributed by atoms with Gasteiger partial charge in [-0.05, 0) is 60.4 Å². The molecule has 0 radical (unpaired) electrons. The molecule has 2 aromatic carbocycles. The number of sulfonamides is 1. The van der Waals surface area contributed by atoms with Gasteiger partial charge in [0.2, 0.25) is 0 Å². The highest BCUT2D eigenvalue weighted by Crippen LogP contribution is 2.18. The summed E-state index contributed by atoms with van der Waals surface area (Å²) >= 11 is 0. The number of hydrogen-bond donors (Lipinski definition) is 2. The summed E-state index contributed by atoms with van der Waals surface area (Å²) in [4.78, 5) is 16.5. The van der Waals surface area contributed by atoms with E-state index in [0.717, 1.165) is 24.8 Å². The first kappa shape index (κ1) is 21.5. The molecule has 30 heavy (non-hydrogen) atoms. The number of hydrogen-bond acceptors (Lipinski definition) is 4. The zero-order chi connectivity index (χ0) is 21.4. The molecule has 0 saturated heterocycles. The molecule has 0 unspecified atom stereocenters. The number of carbonyl (C=O) groups is 1. The highest BCUT2D eigenvalue weighted by Gasteiger charge is 2.16. The van der Waals surface area contributed by atoms with Crippen molar-refractivity contribution in [2.24, 2.45) is 0 Å². The average Bonchev–Trinajstić information content (AvgIpc) is 2.77. The number of anilines is 1. The van der Waals surface area contributed by atoms with Crippen LogP contribution >= 0.6 is 0 Å². The molecule has 1 aromatic heterocycles. The largest absolute Gasteiger partial charge is 0.348 e. The first-order valence-electron chi connectivity index (χ1n) is 9.87. The van der Waals surface area contributed by atoms with Crippen LogP contribution in [0.4, 0.5) is 5.69 Å². The second-order valence-electron chi connectivity index (χ2n) is 6.98. The number of aryl methyl sites for hydroxylation is 1. The second-order valence-corrected chi connectivity index (χ2v) is 8.66. The summed E-state index contributed by atoms with van der Waals surface area (Å²) in [7, 11) is -3.81. The van der Waals surface area contributed by atoms with Crippen LogP contribution in [0.5, 0.6) is 0 Å². The Morgan fingerprint density at radius 2 is 1.80 bits per heavy atom. The van der Waals surface area contributed by atoms with Gasteiger partial charge >= 0.3 is 0 Å². The van der Waals surface area contributed by atoms with Gasteiger partial charge in [-0.15, -0.1) is 0 Å². The molecule has 6 nitrogen and oxygen atoms in total. The molecule has 3 aromatic rings. The Morgan fingerprint density at radius 1 is 1.00 bits per heavy atom. The fraction of sp³-hybridized carbons (Fsp3) is 0.217. The van der Waals surface area contributed by atoms with E-state index in [1.807, 2.05) is 18.2 Å². The fourth-order valence-electron chi connectivity index (χ4n) is 2.93. The number of aromatic nitrogens is 1. The standard InChI is InChI=1S/C23H25N3O3S/c1-2-3-6-18-10-12-21(13-11-18)26-30(28,29)22-9-4-8-20(15-22)23(27)25-17-19-7-5-14-24-16-19/h4-5,7-16,26H,2-3,6,17H2,1H3,(H,25,27). The summed E-state index contributed by atoms with van der Waals surface area (Å²) in [6.07, 6.45) is 6.50. The summed E-state index contributed by atoms with van der Waals surface area (Å²) < 4.78 is 28.1. The summed E-state index contributed by atoms with van der Waals surface area (Å²) in [6.45, 7) is 2.45. The van der Waals surface area contributed by atoms with Crippen molar-refractivity contribution in [2.45, 2.75) is 37.6 Å². The SMILES string of the molecule is CCCCc1ccc(NS(=O)(=O)c2cccc(C(=O)NCc3cccnc3)c2)cc1. The molecule has 3 rings (SSSR count). The van der Waals surface area contributed by atoms with Crippen LogP contribution in [-0.2, 0) is 23.0 Å². The van der Waals surface area contributed by atoms with E-state index in [4.69, 9.17) is 0 Å². The Kier molecular flexibility index (Phi) is 7.19. The third-order valence-electron chi connectivity index (χ3n) is 4.61. The number of pyridine rings is 1. The molecule has 1 heterocycles. The minimum atomic E-state index is -3.81. The first-order chi connectivity index (χ1) is 14.5. The van der Waals surface area contributed by atoms with Gasteiger partial charge in [-0.1, -0.05) is 37.6 Å². The lowest BCUT2D eigenvalue weighted by molar-refractivity contribution is 0.0950. The number of nitrogens with one attached hydrogen (secondary N) is 2. The Labute approximate surface area is 177 Å². The molecule has 156 valence electrons. The van der Waals surface area contributed by atoms with Gasteiger partial charge in [-0.2, -0.15) is 0 Å². The monoisotopic (exact) mass is 423 g/mol. The fourth-order valence-corrected chi connectivity index (χ4v) is 4.03. The second kappa shape index (κ2) is 10.0. The van der Waals surface area contributed by atoms with Crippen LogP contribution in [0, 0.1) is 0 Å². The molecule has 0 aliphatic carbocycles. The minimum absolute atomic E-state index is 0.0339. The van der Waals surface area contributed by atoms with E-state index < -0.39 is 10.0 Å². The molecule has 0 bridgehead atoms. The molecule has 0 aliphatic heterocycles. The normalized spacial score (nSPS) is 11.1. The lowest BCUT2D eigenvalue weighted by atomic mass is 10.1. The number of nitrogens with zero attached hydrogens (tertiary/aromatic N) is 1. The maximum atomic E-state index is 12.8. The van der Waals surface area contributed by atoms with Gasteiger partial charge in [-0.25, -0.2) is 8.42 Å². The van der Waals surface area contributed by atoms with Crippen molar-refractivity contribution in [3.63, 3.8) is 0 Å². The van der Waals surface area contributed by atoms with Crippen molar-refractivity contribution in [1.29, 1.82) is 0 Å². The van der Waals surface area contributed by atoms with E-state index in [2.05, 4.69) is 21.9 Å². The van der Waals surface area contributed by atoms with Gasteiger partial charge in [0.1, 0.15) is 0 Å². The van der Waals surface area contributed by atoms with Crippen LogP contribution in [0.1, 0.15) is 41.3 Å². The zero-order valence-corrected chi connectivity index (χ0v) is 17.7. The van der Waals surface area contributed by atoms with Crippen molar-refractivity contribution in [2.75, 3.05) is 4.72 Å². The molecule has 0 saturated carbocycles. The number of unbranched alkanes of at least 4 members (excludes halogenated alkanes) is 1. The van der Waals surface area contributed by atoms with Gasteiger partial charge < -0.3 is 5.32 Å². The molecular weight excluding hydrogens is 398 g/mol. The maximum Gasteiger partial charge on any atom is 0.261 e. The van der Waals surface area contributed by atoms with Crippen LogP contribution in [0.15, 0.2) is 78.0 Å². The Bertz CT molecular complexity index is 1080. The van der Waals surface area contributed by atoms with E-state index in [0.29, 0.717) is 12.2 Å². The zero-order valence-electron chi connectivity index (χ0n) is 16.8. The van der Waals surface area contributed by atoms with Crippen LogP contribution < -0.4 is 10.0 Å². The van der Waals surface area contributed by atoms with Crippen molar-refractivity contribution < 1.29 is 13.2 Å². The number of rotatable bonds is 9. The highest BCUT2D eigenvalue weighted by molar-refractivity contribution is 7.92. The maximum absolute atomic E-state index is 12.8. The van der Waals surface area contributed by atoms with Gasteiger partial charge in [0.05, 0.1) is 4.90 Å². The van der Waals surface area contributed by atoms with Gasteiger partial charge in [0.15, 0.2) is 0 Å². The predicted octanol–water partition coefficient (Wildman–Crippen LogP) is 4.16. The summed E-state index contributed by atoms with van der Waals surface area (Å²) in [6, 6.07) is 17.0. The van der Waals surface area contributed by atoms with Gasteiger partial charge in [0, 0.05) is 30.2 Å². The third-order valence-corrected chi connectivity index (χ3v) is 5.99.